The lowest BCUT2D eigenvalue weighted by atomic mass is 10.1. The SMILES string of the molecule is O=C(CNc1cccc(C(F)(F)F)c1)N/N=C\c1ccc(OCc2cccc3ccccc23)cc1. The lowest BCUT2D eigenvalue weighted by Crippen LogP contribution is -2.26. The van der Waals surface area contributed by atoms with E-state index in [0.717, 1.165) is 34.0 Å². The predicted octanol–water partition coefficient (Wildman–Crippen LogP) is 6.00. The van der Waals surface area contributed by atoms with Crippen LogP contribution in [0.15, 0.2) is 96.1 Å². The Kier molecular flexibility index (Phi) is 7.30. The van der Waals surface area contributed by atoms with E-state index in [2.05, 4.69) is 34.0 Å². The van der Waals surface area contributed by atoms with Gasteiger partial charge < -0.3 is 10.1 Å². The Morgan fingerprint density at radius 1 is 0.914 bits per heavy atom. The average molecular weight is 477 g/mol. The zero-order chi connectivity index (χ0) is 24.7. The van der Waals surface area contributed by atoms with E-state index in [0.29, 0.717) is 12.4 Å². The molecule has 0 saturated heterocycles. The highest BCUT2D eigenvalue weighted by molar-refractivity contribution is 5.86. The Labute approximate surface area is 200 Å². The number of hydrazone groups is 1. The lowest BCUT2D eigenvalue weighted by molar-refractivity contribution is -0.137. The first-order valence-electron chi connectivity index (χ1n) is 10.8. The molecule has 0 bridgehead atoms. The maximum absolute atomic E-state index is 12.8. The van der Waals surface area contributed by atoms with Crippen LogP contribution in [-0.2, 0) is 17.6 Å². The van der Waals surface area contributed by atoms with Crippen molar-refractivity contribution in [2.24, 2.45) is 5.10 Å². The van der Waals surface area contributed by atoms with Crippen molar-refractivity contribution in [3.63, 3.8) is 0 Å². The molecule has 5 nitrogen and oxygen atoms in total. The molecule has 4 aromatic rings. The van der Waals surface area contributed by atoms with Crippen molar-refractivity contribution in [2.75, 3.05) is 11.9 Å². The number of hydrogen-bond donors (Lipinski definition) is 2. The number of amides is 1. The molecule has 1 amide bonds. The van der Waals surface area contributed by atoms with E-state index in [4.69, 9.17) is 4.74 Å². The van der Waals surface area contributed by atoms with Gasteiger partial charge in [0, 0.05) is 5.69 Å². The van der Waals surface area contributed by atoms with Crippen LogP contribution in [0.2, 0.25) is 0 Å². The normalized spacial score (nSPS) is 11.5. The van der Waals surface area contributed by atoms with E-state index >= 15 is 0 Å². The quantitative estimate of drug-likeness (QED) is 0.242. The summed E-state index contributed by atoms with van der Waals surface area (Å²) in [5.41, 5.74) is 3.58. The molecule has 0 atom stereocenters. The van der Waals surface area contributed by atoms with Crippen molar-refractivity contribution in [3.8, 4) is 5.75 Å². The fourth-order valence-electron chi connectivity index (χ4n) is 3.44. The van der Waals surface area contributed by atoms with Gasteiger partial charge in [0.25, 0.3) is 5.91 Å². The van der Waals surface area contributed by atoms with Crippen molar-refractivity contribution in [1.29, 1.82) is 0 Å². The molecular formula is C27H22F3N3O2. The lowest BCUT2D eigenvalue weighted by Gasteiger charge is -2.10. The molecule has 4 rings (SSSR count). The number of halogens is 3. The van der Waals surface area contributed by atoms with Crippen molar-refractivity contribution < 1.29 is 22.7 Å². The number of hydrogen-bond acceptors (Lipinski definition) is 4. The van der Waals surface area contributed by atoms with Gasteiger partial charge in [-0.25, -0.2) is 5.43 Å². The molecule has 4 aromatic carbocycles. The molecule has 0 aromatic heterocycles. The summed E-state index contributed by atoms with van der Waals surface area (Å²) in [5, 5.41) is 8.84. The topological polar surface area (TPSA) is 62.7 Å². The van der Waals surface area contributed by atoms with Gasteiger partial charge in [-0.2, -0.15) is 18.3 Å². The molecular weight excluding hydrogens is 455 g/mol. The molecule has 0 heterocycles. The van der Waals surface area contributed by atoms with Crippen LogP contribution in [0, 0.1) is 0 Å². The van der Waals surface area contributed by atoms with Crippen molar-refractivity contribution in [1.82, 2.24) is 5.43 Å². The van der Waals surface area contributed by atoms with Crippen LogP contribution in [0.25, 0.3) is 10.8 Å². The number of carbonyl (C=O) groups is 1. The third-order valence-corrected chi connectivity index (χ3v) is 5.20. The summed E-state index contributed by atoms with van der Waals surface area (Å²) in [6.45, 7) is 0.212. The summed E-state index contributed by atoms with van der Waals surface area (Å²) in [7, 11) is 0. The van der Waals surface area contributed by atoms with E-state index in [1.165, 1.54) is 18.3 Å². The second-order valence-electron chi connectivity index (χ2n) is 7.72. The first kappa shape index (κ1) is 23.8. The van der Waals surface area contributed by atoms with Gasteiger partial charge in [0.2, 0.25) is 0 Å². The number of nitrogens with one attached hydrogen (secondary N) is 2. The molecule has 0 aliphatic rings. The standard InChI is InChI=1S/C27H22F3N3O2/c28-27(29,30)22-8-4-9-23(15-22)31-17-26(34)33-32-16-19-11-13-24(14-12-19)35-18-21-7-3-6-20-5-1-2-10-25(20)21/h1-16,31H,17-18H2,(H,33,34)/b32-16-. The van der Waals surface area contributed by atoms with Crippen LogP contribution < -0.4 is 15.5 Å². The van der Waals surface area contributed by atoms with Gasteiger partial charge in [0.1, 0.15) is 12.4 Å². The Morgan fingerprint density at radius 3 is 2.46 bits per heavy atom. The number of nitrogens with zero attached hydrogens (tertiary/aromatic N) is 1. The molecule has 178 valence electrons. The van der Waals surface area contributed by atoms with Gasteiger partial charge in [-0.3, -0.25) is 4.79 Å². The third-order valence-electron chi connectivity index (χ3n) is 5.20. The van der Waals surface area contributed by atoms with Gasteiger partial charge in [-0.05, 0) is 64.4 Å². The van der Waals surface area contributed by atoms with Crippen LogP contribution in [0.1, 0.15) is 16.7 Å². The monoisotopic (exact) mass is 477 g/mol. The number of anilines is 1. The first-order chi connectivity index (χ1) is 16.9. The number of alkyl halides is 3. The minimum Gasteiger partial charge on any atom is -0.489 e. The van der Waals surface area contributed by atoms with E-state index in [-0.39, 0.29) is 12.2 Å². The maximum atomic E-state index is 12.8. The summed E-state index contributed by atoms with van der Waals surface area (Å²) in [6, 6.07) is 26.1. The summed E-state index contributed by atoms with van der Waals surface area (Å²) < 4.78 is 44.2. The highest BCUT2D eigenvalue weighted by Crippen LogP contribution is 2.30. The Hall–Kier alpha value is -4.33. The zero-order valence-electron chi connectivity index (χ0n) is 18.5. The summed E-state index contributed by atoms with van der Waals surface area (Å²) in [5.74, 6) is 0.207. The van der Waals surface area contributed by atoms with Gasteiger partial charge in [0.05, 0.1) is 18.3 Å². The summed E-state index contributed by atoms with van der Waals surface area (Å²) >= 11 is 0. The highest BCUT2D eigenvalue weighted by atomic mass is 19.4. The number of benzene rings is 4. The van der Waals surface area contributed by atoms with Crippen molar-refractivity contribution in [3.05, 3.63) is 108 Å². The van der Waals surface area contributed by atoms with E-state index < -0.39 is 17.6 Å². The van der Waals surface area contributed by atoms with Gasteiger partial charge in [0.15, 0.2) is 0 Å². The molecule has 0 radical (unpaired) electrons. The third kappa shape index (κ3) is 6.60. The van der Waals surface area contributed by atoms with Crippen LogP contribution in [0.4, 0.5) is 18.9 Å². The molecule has 35 heavy (non-hydrogen) atoms. The largest absolute Gasteiger partial charge is 0.489 e. The van der Waals surface area contributed by atoms with Gasteiger partial charge >= 0.3 is 6.18 Å². The number of ether oxygens (including phenoxy) is 1. The second kappa shape index (κ2) is 10.7. The molecule has 0 unspecified atom stereocenters. The van der Waals surface area contributed by atoms with Crippen molar-refractivity contribution >= 4 is 28.6 Å². The fourth-order valence-corrected chi connectivity index (χ4v) is 3.44. The van der Waals surface area contributed by atoms with Crippen LogP contribution in [0.3, 0.4) is 0 Å². The van der Waals surface area contributed by atoms with Crippen LogP contribution >= 0.6 is 0 Å². The number of carbonyl (C=O) groups excluding carboxylic acids is 1. The Bertz CT molecular complexity index is 1330. The van der Waals surface area contributed by atoms with Gasteiger partial charge in [-0.15, -0.1) is 0 Å². The molecule has 0 saturated carbocycles. The zero-order valence-corrected chi connectivity index (χ0v) is 18.5. The van der Waals surface area contributed by atoms with Crippen molar-refractivity contribution in [2.45, 2.75) is 12.8 Å². The molecule has 0 spiro atoms. The minimum absolute atomic E-state index is 0.193. The number of fused-ring (bicyclic) bond motifs is 1. The molecule has 0 aliphatic heterocycles. The maximum Gasteiger partial charge on any atom is 0.416 e. The molecule has 0 aliphatic carbocycles. The molecule has 2 N–H and O–H groups in total. The van der Waals surface area contributed by atoms with E-state index in [9.17, 15) is 18.0 Å². The minimum atomic E-state index is -4.44. The van der Waals surface area contributed by atoms with Gasteiger partial charge in [-0.1, -0.05) is 48.5 Å². The molecule has 0 fully saturated rings. The predicted molar refractivity (Wildman–Crippen MR) is 130 cm³/mol. The van der Waals surface area contributed by atoms with Crippen LogP contribution in [-0.4, -0.2) is 18.7 Å². The molecule has 8 heteroatoms. The highest BCUT2D eigenvalue weighted by Gasteiger charge is 2.30. The Balaban J connectivity index is 1.25. The fraction of sp³-hybridized carbons (Fsp3) is 0.111. The van der Waals surface area contributed by atoms with E-state index in [1.54, 1.807) is 12.1 Å². The smallest absolute Gasteiger partial charge is 0.416 e. The average Bonchev–Trinajstić information content (AvgIpc) is 2.86. The Morgan fingerprint density at radius 2 is 1.66 bits per heavy atom. The summed E-state index contributed by atoms with van der Waals surface area (Å²) in [6.07, 6.45) is -2.97. The van der Waals surface area contributed by atoms with Crippen LogP contribution in [0.5, 0.6) is 5.75 Å². The van der Waals surface area contributed by atoms with E-state index in [1.807, 2.05) is 36.4 Å². The number of rotatable bonds is 8. The first-order valence-corrected chi connectivity index (χ1v) is 10.8. The summed E-state index contributed by atoms with van der Waals surface area (Å²) in [4.78, 5) is 11.9. The second-order valence-corrected chi connectivity index (χ2v) is 7.72.